The Morgan fingerprint density at radius 3 is 2.62 bits per heavy atom. The molecule has 0 aliphatic carbocycles. The highest BCUT2D eigenvalue weighted by atomic mass is 32.1. The van der Waals surface area contributed by atoms with Crippen LogP contribution in [0.15, 0.2) is 42.5 Å². The van der Waals surface area contributed by atoms with E-state index in [9.17, 15) is 4.79 Å². The Morgan fingerprint density at radius 2 is 1.93 bits per heavy atom. The summed E-state index contributed by atoms with van der Waals surface area (Å²) in [5.41, 5.74) is 3.88. The molecule has 4 heterocycles. The summed E-state index contributed by atoms with van der Waals surface area (Å²) >= 11 is 1.89. The molecule has 0 unspecified atom stereocenters. The molecule has 5 rings (SSSR count). The minimum Gasteiger partial charge on any atom is -0.370 e. The number of aryl methyl sites for hydroxylation is 2. The van der Waals surface area contributed by atoms with Crippen molar-refractivity contribution in [2.45, 2.75) is 31.8 Å². The number of hydrogen-bond acceptors (Lipinski definition) is 4. The molecule has 1 spiro atoms. The van der Waals surface area contributed by atoms with Gasteiger partial charge in [-0.3, -0.25) is 9.48 Å². The lowest BCUT2D eigenvalue weighted by molar-refractivity contribution is -0.0926. The molecule has 0 N–H and O–H groups in total. The smallest absolute Gasteiger partial charge is 0.274 e. The highest BCUT2D eigenvalue weighted by molar-refractivity contribution is 7.15. The fraction of sp³-hybridized carbons (Fsp3) is 0.391. The van der Waals surface area contributed by atoms with Crippen molar-refractivity contribution in [1.29, 1.82) is 0 Å². The molecule has 1 aromatic carbocycles. The van der Waals surface area contributed by atoms with E-state index >= 15 is 0 Å². The molecule has 29 heavy (non-hydrogen) atoms. The number of hydrogen-bond donors (Lipinski definition) is 0. The molecule has 0 saturated carbocycles. The molecule has 0 atom stereocenters. The van der Waals surface area contributed by atoms with Gasteiger partial charge in [-0.1, -0.05) is 30.3 Å². The lowest BCUT2D eigenvalue weighted by Gasteiger charge is -2.43. The third kappa shape index (κ3) is 3.20. The largest absolute Gasteiger partial charge is 0.370 e. The first-order valence-electron chi connectivity index (χ1n) is 10.2. The van der Waals surface area contributed by atoms with Crippen LogP contribution < -0.4 is 0 Å². The monoisotopic (exact) mass is 407 g/mol. The molecular formula is C23H25N3O2S. The number of ether oxygens (including phenoxy) is 1. The Balaban J connectivity index is 1.37. The van der Waals surface area contributed by atoms with Crippen molar-refractivity contribution in [2.75, 3.05) is 19.7 Å². The summed E-state index contributed by atoms with van der Waals surface area (Å²) in [4.78, 5) is 17.6. The van der Waals surface area contributed by atoms with Crippen LogP contribution in [-0.4, -0.2) is 40.3 Å². The van der Waals surface area contributed by atoms with Crippen LogP contribution in [0.1, 0.15) is 39.5 Å². The van der Waals surface area contributed by atoms with Crippen molar-refractivity contribution in [3.05, 3.63) is 64.3 Å². The zero-order valence-electron chi connectivity index (χ0n) is 16.9. The van der Waals surface area contributed by atoms with E-state index in [1.54, 1.807) is 4.68 Å². The summed E-state index contributed by atoms with van der Waals surface area (Å²) in [7, 11) is 1.87. The summed E-state index contributed by atoms with van der Waals surface area (Å²) in [6.45, 7) is 4.12. The van der Waals surface area contributed by atoms with E-state index < -0.39 is 0 Å². The second-order valence-electron chi connectivity index (χ2n) is 7.99. The number of nitrogens with zero attached hydrogens (tertiary/aromatic N) is 3. The SMILES string of the molecule is Cc1cc(C(=O)N2CCC3(CC2)OCCc2sc(-c4ccccc4)cc23)nn1C. The predicted octanol–water partition coefficient (Wildman–Crippen LogP) is 4.16. The average molecular weight is 408 g/mol. The van der Waals surface area contributed by atoms with Gasteiger partial charge in [-0.05, 0) is 43.0 Å². The van der Waals surface area contributed by atoms with Gasteiger partial charge >= 0.3 is 0 Å². The number of likely N-dealkylation sites (tertiary alicyclic amines) is 1. The molecule has 0 bridgehead atoms. The Hall–Kier alpha value is -2.44. The Morgan fingerprint density at radius 1 is 1.17 bits per heavy atom. The van der Waals surface area contributed by atoms with Crippen LogP contribution in [0.3, 0.4) is 0 Å². The van der Waals surface area contributed by atoms with Gasteiger partial charge in [-0.15, -0.1) is 11.3 Å². The maximum absolute atomic E-state index is 12.9. The van der Waals surface area contributed by atoms with E-state index in [1.165, 1.54) is 20.9 Å². The quantitative estimate of drug-likeness (QED) is 0.641. The molecule has 0 radical (unpaired) electrons. The molecule has 3 aromatic rings. The van der Waals surface area contributed by atoms with E-state index in [1.807, 2.05) is 36.3 Å². The fourth-order valence-electron chi connectivity index (χ4n) is 4.47. The maximum atomic E-state index is 12.9. The molecule has 1 fully saturated rings. The summed E-state index contributed by atoms with van der Waals surface area (Å²) < 4.78 is 8.14. The summed E-state index contributed by atoms with van der Waals surface area (Å²) in [6.07, 6.45) is 2.65. The van der Waals surface area contributed by atoms with Gasteiger partial charge in [0.2, 0.25) is 0 Å². The van der Waals surface area contributed by atoms with E-state index in [4.69, 9.17) is 4.74 Å². The molecular weight excluding hydrogens is 382 g/mol. The van der Waals surface area contributed by atoms with Gasteiger partial charge in [0.1, 0.15) is 0 Å². The van der Waals surface area contributed by atoms with Crippen LogP contribution in [0, 0.1) is 6.92 Å². The van der Waals surface area contributed by atoms with E-state index in [-0.39, 0.29) is 11.5 Å². The third-order valence-corrected chi connectivity index (χ3v) is 7.50. The van der Waals surface area contributed by atoms with Gasteiger partial charge in [0.15, 0.2) is 5.69 Å². The van der Waals surface area contributed by atoms with Crippen LogP contribution in [0.5, 0.6) is 0 Å². The lowest BCUT2D eigenvalue weighted by Crippen LogP contribution is -2.48. The normalized spacial score (nSPS) is 18.1. The van der Waals surface area contributed by atoms with Crippen LogP contribution in [0.4, 0.5) is 0 Å². The number of amides is 1. The van der Waals surface area contributed by atoms with Crippen molar-refractivity contribution < 1.29 is 9.53 Å². The zero-order valence-corrected chi connectivity index (χ0v) is 17.7. The maximum Gasteiger partial charge on any atom is 0.274 e. The predicted molar refractivity (Wildman–Crippen MR) is 114 cm³/mol. The molecule has 2 aliphatic rings. The first-order valence-corrected chi connectivity index (χ1v) is 11.0. The van der Waals surface area contributed by atoms with Crippen LogP contribution in [0.2, 0.25) is 0 Å². The van der Waals surface area contributed by atoms with Gasteiger partial charge < -0.3 is 9.64 Å². The van der Waals surface area contributed by atoms with Crippen molar-refractivity contribution in [3.8, 4) is 10.4 Å². The number of piperidine rings is 1. The number of carbonyl (C=O) groups is 1. The highest BCUT2D eigenvalue weighted by Gasteiger charge is 2.43. The first kappa shape index (κ1) is 18.6. The van der Waals surface area contributed by atoms with Crippen molar-refractivity contribution in [2.24, 2.45) is 7.05 Å². The number of carbonyl (C=O) groups excluding carboxylic acids is 1. The molecule has 5 nitrogen and oxygen atoms in total. The summed E-state index contributed by atoms with van der Waals surface area (Å²) in [6, 6.07) is 14.8. The van der Waals surface area contributed by atoms with Gasteiger partial charge in [0, 0.05) is 42.0 Å². The molecule has 1 amide bonds. The van der Waals surface area contributed by atoms with Gasteiger partial charge in [0.25, 0.3) is 5.91 Å². The highest BCUT2D eigenvalue weighted by Crippen LogP contribution is 2.46. The Bertz CT molecular complexity index is 1030. The zero-order chi connectivity index (χ0) is 20.0. The minimum absolute atomic E-state index is 0.0230. The standard InChI is InChI=1S/C23H25N3O2S/c1-16-14-19(24-25(16)2)22(27)26-11-9-23(10-12-26)18-15-21(17-6-4-3-5-7-17)29-20(18)8-13-28-23/h3-7,14-15H,8-13H2,1-2H3. The second-order valence-corrected chi connectivity index (χ2v) is 9.13. The summed E-state index contributed by atoms with van der Waals surface area (Å²) in [5, 5.41) is 4.36. The fourth-order valence-corrected chi connectivity index (χ4v) is 5.71. The van der Waals surface area contributed by atoms with Crippen LogP contribution in [-0.2, 0) is 23.8 Å². The molecule has 2 aliphatic heterocycles. The van der Waals surface area contributed by atoms with Gasteiger partial charge in [-0.2, -0.15) is 5.10 Å². The first-order chi connectivity index (χ1) is 14.1. The van der Waals surface area contributed by atoms with E-state index in [2.05, 4.69) is 41.5 Å². The number of aromatic nitrogens is 2. The average Bonchev–Trinajstić information content (AvgIpc) is 3.33. The molecule has 1 saturated heterocycles. The number of thiophene rings is 1. The van der Waals surface area contributed by atoms with Crippen molar-refractivity contribution in [1.82, 2.24) is 14.7 Å². The van der Waals surface area contributed by atoms with Crippen LogP contribution in [0.25, 0.3) is 10.4 Å². The Kier molecular flexibility index (Phi) is 4.56. The van der Waals surface area contributed by atoms with Crippen molar-refractivity contribution in [3.63, 3.8) is 0 Å². The second kappa shape index (κ2) is 7.11. The van der Waals surface area contributed by atoms with E-state index in [0.717, 1.165) is 31.6 Å². The third-order valence-electron chi connectivity index (χ3n) is 6.26. The minimum atomic E-state index is -0.256. The number of fused-ring (bicyclic) bond motifs is 2. The lowest BCUT2D eigenvalue weighted by atomic mass is 9.82. The topological polar surface area (TPSA) is 47.4 Å². The Labute approximate surface area is 174 Å². The molecule has 2 aromatic heterocycles. The van der Waals surface area contributed by atoms with Gasteiger partial charge in [-0.25, -0.2) is 0 Å². The van der Waals surface area contributed by atoms with E-state index in [0.29, 0.717) is 18.8 Å². The molecule has 150 valence electrons. The molecule has 6 heteroatoms. The van der Waals surface area contributed by atoms with Crippen molar-refractivity contribution >= 4 is 17.2 Å². The number of rotatable bonds is 2. The van der Waals surface area contributed by atoms with Gasteiger partial charge in [0.05, 0.1) is 12.2 Å². The van der Waals surface area contributed by atoms with Crippen LogP contribution >= 0.6 is 11.3 Å². The number of benzene rings is 1. The summed E-state index contributed by atoms with van der Waals surface area (Å²) in [5.74, 6) is 0.0230.